The Morgan fingerprint density at radius 1 is 1.47 bits per heavy atom. The summed E-state index contributed by atoms with van der Waals surface area (Å²) in [6.45, 7) is 3.61. The minimum atomic E-state index is -0.970. The van der Waals surface area contributed by atoms with E-state index in [9.17, 15) is 4.79 Å². The molecule has 1 unspecified atom stereocenters. The molecule has 0 amide bonds. The van der Waals surface area contributed by atoms with E-state index in [0.717, 1.165) is 25.9 Å². The number of carbonyl (C=O) groups is 1. The summed E-state index contributed by atoms with van der Waals surface area (Å²) in [4.78, 5) is 21.7. The Balaban J connectivity index is 2.13. The van der Waals surface area contributed by atoms with Crippen molar-refractivity contribution in [1.29, 1.82) is 0 Å². The summed E-state index contributed by atoms with van der Waals surface area (Å²) in [6, 6.07) is 0. The molecule has 5 nitrogen and oxygen atoms in total. The van der Waals surface area contributed by atoms with Gasteiger partial charge in [0.2, 0.25) is 5.95 Å². The summed E-state index contributed by atoms with van der Waals surface area (Å²) in [5.41, 5.74) is 0.712. The zero-order valence-corrected chi connectivity index (χ0v) is 12.1. The zero-order chi connectivity index (χ0) is 13.8. The molecule has 0 radical (unpaired) electrons. The molecule has 104 valence electrons. The predicted molar refractivity (Wildman–Crippen MR) is 77.1 cm³/mol. The molecule has 1 aromatic heterocycles. The van der Waals surface area contributed by atoms with Crippen molar-refractivity contribution in [2.45, 2.75) is 31.4 Å². The van der Waals surface area contributed by atoms with Crippen LogP contribution in [0.5, 0.6) is 0 Å². The number of aromatic carboxylic acids is 1. The highest BCUT2D eigenvalue weighted by molar-refractivity contribution is 7.99. The molecule has 1 aromatic rings. The fourth-order valence-corrected chi connectivity index (χ4v) is 3.06. The summed E-state index contributed by atoms with van der Waals surface area (Å²) in [6.07, 6.45) is 7.06. The van der Waals surface area contributed by atoms with E-state index in [1.807, 2.05) is 11.8 Å². The minimum Gasteiger partial charge on any atom is -0.478 e. The maximum atomic E-state index is 10.9. The van der Waals surface area contributed by atoms with Gasteiger partial charge in [-0.15, -0.1) is 0 Å². The Labute approximate surface area is 117 Å². The van der Waals surface area contributed by atoms with Crippen molar-refractivity contribution in [3.05, 3.63) is 17.5 Å². The van der Waals surface area contributed by atoms with Crippen molar-refractivity contribution >= 4 is 23.7 Å². The van der Waals surface area contributed by atoms with Crippen LogP contribution in [0.25, 0.3) is 0 Å². The molecule has 1 aliphatic rings. The quantitative estimate of drug-likeness (QED) is 0.916. The van der Waals surface area contributed by atoms with Crippen LogP contribution in [0.3, 0.4) is 0 Å². The van der Waals surface area contributed by atoms with Crippen molar-refractivity contribution in [3.8, 4) is 0 Å². The Morgan fingerprint density at radius 2 is 2.26 bits per heavy atom. The maximum absolute atomic E-state index is 10.9. The lowest BCUT2D eigenvalue weighted by atomic mass is 10.2. The van der Waals surface area contributed by atoms with E-state index in [-0.39, 0.29) is 5.56 Å². The average molecular weight is 281 g/mol. The first-order chi connectivity index (χ1) is 9.11. The van der Waals surface area contributed by atoms with Gasteiger partial charge in [0.05, 0.1) is 11.3 Å². The molecule has 2 heterocycles. The van der Waals surface area contributed by atoms with Gasteiger partial charge in [0, 0.05) is 24.5 Å². The van der Waals surface area contributed by atoms with E-state index < -0.39 is 5.97 Å². The second kappa shape index (κ2) is 6.23. The van der Waals surface area contributed by atoms with Crippen molar-refractivity contribution in [1.82, 2.24) is 9.97 Å². The summed E-state index contributed by atoms with van der Waals surface area (Å²) >= 11 is 1.92. The van der Waals surface area contributed by atoms with Gasteiger partial charge in [-0.2, -0.15) is 11.8 Å². The van der Waals surface area contributed by atoms with Crippen LogP contribution in [0.2, 0.25) is 0 Å². The lowest BCUT2D eigenvalue weighted by Crippen LogP contribution is -2.27. The highest BCUT2D eigenvalue weighted by Crippen LogP contribution is 2.23. The molecule has 1 aliphatic heterocycles. The molecule has 1 saturated heterocycles. The molecular weight excluding hydrogens is 262 g/mol. The van der Waals surface area contributed by atoms with Crippen molar-refractivity contribution < 1.29 is 9.90 Å². The summed E-state index contributed by atoms with van der Waals surface area (Å²) in [5, 5.41) is 9.69. The van der Waals surface area contributed by atoms with Gasteiger partial charge in [-0.25, -0.2) is 14.8 Å². The minimum absolute atomic E-state index is 0.181. The van der Waals surface area contributed by atoms with Gasteiger partial charge in [-0.1, -0.05) is 0 Å². The Morgan fingerprint density at radius 3 is 2.89 bits per heavy atom. The highest BCUT2D eigenvalue weighted by Gasteiger charge is 2.19. The highest BCUT2D eigenvalue weighted by atomic mass is 32.2. The number of carboxylic acid groups (broad SMARTS) is 1. The largest absolute Gasteiger partial charge is 0.478 e. The molecule has 0 spiro atoms. The Kier molecular flexibility index (Phi) is 4.63. The van der Waals surface area contributed by atoms with E-state index in [4.69, 9.17) is 5.11 Å². The van der Waals surface area contributed by atoms with Crippen LogP contribution in [0, 0.1) is 6.92 Å². The van der Waals surface area contributed by atoms with Crippen molar-refractivity contribution in [3.63, 3.8) is 0 Å². The number of anilines is 1. The van der Waals surface area contributed by atoms with Gasteiger partial charge in [0.1, 0.15) is 0 Å². The number of aryl methyl sites for hydroxylation is 1. The lowest BCUT2D eigenvalue weighted by molar-refractivity contribution is 0.0695. The van der Waals surface area contributed by atoms with Crippen LogP contribution in [0.4, 0.5) is 5.95 Å². The number of carboxylic acids is 1. The van der Waals surface area contributed by atoms with Gasteiger partial charge >= 0.3 is 5.97 Å². The molecule has 0 bridgehead atoms. The normalized spacial score (nSPS) is 20.1. The standard InChI is InChI=1S/C13H19N3O2S/c1-9-11(12(17)18)8-14-13(15-9)16-6-3-4-10(19-2)5-7-16/h8,10H,3-7H2,1-2H3,(H,17,18). The Hall–Kier alpha value is -1.30. The lowest BCUT2D eigenvalue weighted by Gasteiger charge is -2.20. The molecule has 19 heavy (non-hydrogen) atoms. The number of hydrogen-bond donors (Lipinski definition) is 1. The third-order valence-electron chi connectivity index (χ3n) is 3.49. The second-order valence-corrected chi connectivity index (χ2v) is 5.89. The number of thioether (sulfide) groups is 1. The van der Waals surface area contributed by atoms with E-state index in [1.165, 1.54) is 12.6 Å². The monoisotopic (exact) mass is 281 g/mol. The van der Waals surface area contributed by atoms with Gasteiger partial charge in [0.25, 0.3) is 0 Å². The van der Waals surface area contributed by atoms with E-state index >= 15 is 0 Å². The topological polar surface area (TPSA) is 66.3 Å². The maximum Gasteiger partial charge on any atom is 0.339 e. The van der Waals surface area contributed by atoms with Gasteiger partial charge in [0.15, 0.2) is 0 Å². The van der Waals surface area contributed by atoms with Crippen molar-refractivity contribution in [2.24, 2.45) is 0 Å². The van der Waals surface area contributed by atoms with Crippen LogP contribution in [-0.4, -0.2) is 45.6 Å². The molecule has 0 aliphatic carbocycles. The molecule has 2 rings (SSSR count). The number of nitrogens with zero attached hydrogens (tertiary/aromatic N) is 3. The first kappa shape index (κ1) is 14.1. The van der Waals surface area contributed by atoms with Crippen LogP contribution in [0.1, 0.15) is 35.3 Å². The molecule has 0 saturated carbocycles. The second-order valence-electron chi connectivity index (χ2n) is 4.75. The Bertz CT molecular complexity index is 467. The van der Waals surface area contributed by atoms with Crippen LogP contribution in [-0.2, 0) is 0 Å². The molecule has 0 aromatic carbocycles. The first-order valence-electron chi connectivity index (χ1n) is 6.46. The van der Waals surface area contributed by atoms with Crippen LogP contribution in [0.15, 0.2) is 6.20 Å². The number of rotatable bonds is 3. The zero-order valence-electron chi connectivity index (χ0n) is 11.3. The van der Waals surface area contributed by atoms with Gasteiger partial charge < -0.3 is 10.0 Å². The SMILES string of the molecule is CSC1CCCN(c2ncc(C(=O)O)c(C)n2)CC1. The number of hydrogen-bond acceptors (Lipinski definition) is 5. The summed E-state index contributed by atoms with van der Waals surface area (Å²) in [5.74, 6) is -0.313. The first-order valence-corrected chi connectivity index (χ1v) is 7.75. The van der Waals surface area contributed by atoms with Gasteiger partial charge in [-0.3, -0.25) is 0 Å². The molecule has 1 N–H and O–H groups in total. The fraction of sp³-hybridized carbons (Fsp3) is 0.615. The third-order valence-corrected chi connectivity index (χ3v) is 4.63. The molecule has 1 fully saturated rings. The van der Waals surface area contributed by atoms with E-state index in [1.54, 1.807) is 6.92 Å². The predicted octanol–water partition coefficient (Wildman–Crippen LogP) is 2.21. The van der Waals surface area contributed by atoms with Crippen LogP contribution < -0.4 is 4.90 Å². The number of aromatic nitrogens is 2. The smallest absolute Gasteiger partial charge is 0.339 e. The van der Waals surface area contributed by atoms with Gasteiger partial charge in [-0.05, 0) is 32.4 Å². The van der Waals surface area contributed by atoms with Crippen molar-refractivity contribution in [2.75, 3.05) is 24.2 Å². The third kappa shape index (κ3) is 3.37. The van der Waals surface area contributed by atoms with Crippen LogP contribution >= 0.6 is 11.8 Å². The average Bonchev–Trinajstić information content (AvgIpc) is 2.63. The fourth-order valence-electron chi connectivity index (χ4n) is 2.32. The molecule has 1 atom stereocenters. The van der Waals surface area contributed by atoms with E-state index in [0.29, 0.717) is 16.9 Å². The molecular formula is C13H19N3O2S. The van der Waals surface area contributed by atoms with E-state index in [2.05, 4.69) is 21.1 Å². The summed E-state index contributed by atoms with van der Waals surface area (Å²) in [7, 11) is 0. The summed E-state index contributed by atoms with van der Waals surface area (Å²) < 4.78 is 0. The molecule has 6 heteroatoms.